The second-order valence-corrected chi connectivity index (χ2v) is 9.21. The van der Waals surface area contributed by atoms with E-state index in [1.54, 1.807) is 37.3 Å². The Morgan fingerprint density at radius 3 is 2.13 bits per heavy atom. The Balaban J connectivity index is 1.29. The molecular formula is C24H29NO5. The summed E-state index contributed by atoms with van der Waals surface area (Å²) in [5, 5.41) is 3.24. The highest BCUT2D eigenvalue weighted by molar-refractivity contribution is 5.91. The second-order valence-electron chi connectivity index (χ2n) is 9.21. The van der Waals surface area contributed by atoms with Gasteiger partial charge in [-0.15, -0.1) is 0 Å². The largest absolute Gasteiger partial charge is 0.465 e. The molecule has 4 aliphatic rings. The van der Waals surface area contributed by atoms with Crippen LogP contribution in [0.2, 0.25) is 0 Å². The highest BCUT2D eigenvalue weighted by Crippen LogP contribution is 2.55. The molecule has 5 rings (SSSR count). The van der Waals surface area contributed by atoms with Crippen molar-refractivity contribution in [1.82, 2.24) is 5.32 Å². The van der Waals surface area contributed by atoms with Gasteiger partial charge in [-0.25, -0.2) is 9.59 Å². The molecule has 1 N–H and O–H groups in total. The average molecular weight is 411 g/mol. The summed E-state index contributed by atoms with van der Waals surface area (Å²) in [4.78, 5) is 36.3. The molecule has 6 nitrogen and oxygen atoms in total. The highest BCUT2D eigenvalue weighted by Gasteiger charge is 2.51. The third-order valence-corrected chi connectivity index (χ3v) is 6.83. The molecule has 0 aromatic heterocycles. The lowest BCUT2D eigenvalue weighted by atomic mass is 9.53. The number of methoxy groups -OCH3 is 1. The maximum absolute atomic E-state index is 12.7. The van der Waals surface area contributed by atoms with Gasteiger partial charge in [-0.1, -0.05) is 12.1 Å². The van der Waals surface area contributed by atoms with Crippen LogP contribution in [0.1, 0.15) is 61.4 Å². The molecule has 4 aliphatic carbocycles. The first-order valence-electron chi connectivity index (χ1n) is 10.7. The number of carbonyl (C=O) groups excluding carboxylic acids is 3. The maximum Gasteiger partial charge on any atom is 0.337 e. The molecule has 0 unspecified atom stereocenters. The second kappa shape index (κ2) is 8.25. The van der Waals surface area contributed by atoms with E-state index in [0.717, 1.165) is 42.6 Å². The molecule has 0 aliphatic heterocycles. The van der Waals surface area contributed by atoms with Gasteiger partial charge >= 0.3 is 11.9 Å². The Bertz CT molecular complexity index is 822. The van der Waals surface area contributed by atoms with Gasteiger partial charge in [-0.2, -0.15) is 0 Å². The first kappa shape index (κ1) is 20.6. The van der Waals surface area contributed by atoms with E-state index in [-0.39, 0.29) is 11.4 Å². The fourth-order valence-electron chi connectivity index (χ4n) is 5.91. The van der Waals surface area contributed by atoms with Crippen molar-refractivity contribution >= 4 is 23.9 Å². The number of nitrogens with one attached hydrogen (secondary N) is 1. The molecule has 4 bridgehead atoms. The van der Waals surface area contributed by atoms with Gasteiger partial charge in [0.2, 0.25) is 0 Å². The molecule has 0 heterocycles. The van der Waals surface area contributed by atoms with Crippen LogP contribution in [-0.2, 0) is 19.1 Å². The minimum atomic E-state index is -0.836. The molecule has 1 aromatic rings. The van der Waals surface area contributed by atoms with Crippen LogP contribution in [0, 0.1) is 17.8 Å². The van der Waals surface area contributed by atoms with Crippen molar-refractivity contribution in [2.45, 2.75) is 57.1 Å². The molecule has 4 fully saturated rings. The molecule has 6 heteroatoms. The van der Waals surface area contributed by atoms with Crippen LogP contribution >= 0.6 is 0 Å². The van der Waals surface area contributed by atoms with Crippen molar-refractivity contribution in [2.75, 3.05) is 7.11 Å². The number of esters is 2. The zero-order valence-electron chi connectivity index (χ0n) is 17.6. The average Bonchev–Trinajstić information content (AvgIpc) is 2.70. The Kier molecular flexibility index (Phi) is 5.67. The lowest BCUT2D eigenvalue weighted by Crippen LogP contribution is -2.61. The zero-order chi connectivity index (χ0) is 21.3. The molecule has 0 spiro atoms. The Hall–Kier alpha value is -2.63. The number of ether oxygens (including phenoxy) is 2. The van der Waals surface area contributed by atoms with Gasteiger partial charge < -0.3 is 14.8 Å². The van der Waals surface area contributed by atoms with Crippen molar-refractivity contribution in [2.24, 2.45) is 17.8 Å². The van der Waals surface area contributed by atoms with Gasteiger partial charge in [0.1, 0.15) is 0 Å². The van der Waals surface area contributed by atoms with E-state index >= 15 is 0 Å². The first-order valence-corrected chi connectivity index (χ1v) is 10.7. The zero-order valence-corrected chi connectivity index (χ0v) is 17.6. The lowest BCUT2D eigenvalue weighted by molar-refractivity contribution is -0.152. The molecular weight excluding hydrogens is 382 g/mol. The Labute approximate surface area is 177 Å². The van der Waals surface area contributed by atoms with E-state index in [4.69, 9.17) is 4.74 Å². The van der Waals surface area contributed by atoms with Crippen LogP contribution in [0.15, 0.2) is 30.3 Å². The van der Waals surface area contributed by atoms with Crippen LogP contribution in [-0.4, -0.2) is 36.6 Å². The fraction of sp³-hybridized carbons (Fsp3) is 0.542. The van der Waals surface area contributed by atoms with Gasteiger partial charge in [0.15, 0.2) is 6.10 Å². The SMILES string of the molecule is COC(=O)c1ccc(/C=C/C(=O)O[C@H](C)C(=O)NC23CC4CC(CC(C4)C2)C3)cc1. The highest BCUT2D eigenvalue weighted by atomic mass is 16.5. The minimum absolute atomic E-state index is 0.0935. The molecule has 1 aromatic carbocycles. The van der Waals surface area contributed by atoms with Gasteiger partial charge in [0, 0.05) is 11.6 Å². The number of hydrogen-bond acceptors (Lipinski definition) is 5. The van der Waals surface area contributed by atoms with Gasteiger partial charge in [-0.05, 0) is 87.0 Å². The molecule has 0 radical (unpaired) electrons. The predicted octanol–water partition coefficient (Wildman–Crippen LogP) is 3.50. The molecule has 4 saturated carbocycles. The van der Waals surface area contributed by atoms with Crippen molar-refractivity contribution in [3.8, 4) is 0 Å². The quantitative estimate of drug-likeness (QED) is 0.572. The smallest absolute Gasteiger partial charge is 0.337 e. The molecule has 1 atom stereocenters. The number of carbonyl (C=O) groups is 3. The van der Waals surface area contributed by atoms with Crippen molar-refractivity contribution in [3.63, 3.8) is 0 Å². The third-order valence-electron chi connectivity index (χ3n) is 6.83. The number of hydrogen-bond donors (Lipinski definition) is 1. The van der Waals surface area contributed by atoms with Gasteiger partial charge in [0.05, 0.1) is 12.7 Å². The maximum atomic E-state index is 12.7. The summed E-state index contributed by atoms with van der Waals surface area (Å²) >= 11 is 0. The summed E-state index contributed by atoms with van der Waals surface area (Å²) in [6.07, 6.45) is 9.17. The third kappa shape index (κ3) is 4.42. The topological polar surface area (TPSA) is 81.7 Å². The van der Waals surface area contributed by atoms with Crippen molar-refractivity contribution in [3.05, 3.63) is 41.5 Å². The number of amides is 1. The molecule has 1 amide bonds. The van der Waals surface area contributed by atoms with Crippen molar-refractivity contribution in [1.29, 1.82) is 0 Å². The summed E-state index contributed by atoms with van der Waals surface area (Å²) in [5.74, 6) is 1.03. The Morgan fingerprint density at radius 2 is 1.60 bits per heavy atom. The van der Waals surface area contributed by atoms with Crippen molar-refractivity contribution < 1.29 is 23.9 Å². The standard InChI is InChI=1S/C24H29NO5/c1-15(22(27)25-24-12-17-9-18(13-24)11-19(10-17)14-24)30-21(26)8-5-16-3-6-20(7-4-16)23(28)29-2/h3-8,15,17-19H,9-14H2,1-2H3,(H,25,27)/b8-5+/t15-,17?,18?,19?,24?/m1/s1. The van der Waals surface area contributed by atoms with Gasteiger partial charge in [-0.3, -0.25) is 4.79 Å². The van der Waals surface area contributed by atoms with E-state index in [2.05, 4.69) is 10.1 Å². The van der Waals surface area contributed by atoms with Crippen LogP contribution in [0.5, 0.6) is 0 Å². The van der Waals surface area contributed by atoms with Crippen LogP contribution in [0.25, 0.3) is 6.08 Å². The summed E-state index contributed by atoms with van der Waals surface area (Å²) in [5.41, 5.74) is 1.08. The van der Waals surface area contributed by atoms with E-state index in [1.807, 2.05) is 0 Å². The minimum Gasteiger partial charge on any atom is -0.465 e. The summed E-state index contributed by atoms with van der Waals surface area (Å²) in [7, 11) is 1.33. The predicted molar refractivity (Wildman–Crippen MR) is 111 cm³/mol. The number of benzene rings is 1. The van der Waals surface area contributed by atoms with E-state index in [0.29, 0.717) is 5.56 Å². The molecule has 160 valence electrons. The molecule has 0 saturated heterocycles. The summed E-state index contributed by atoms with van der Waals surface area (Å²) < 4.78 is 9.97. The van der Waals surface area contributed by atoms with E-state index in [1.165, 1.54) is 32.4 Å². The monoisotopic (exact) mass is 411 g/mol. The van der Waals surface area contributed by atoms with Crippen LogP contribution in [0.4, 0.5) is 0 Å². The number of rotatable bonds is 6. The van der Waals surface area contributed by atoms with Crippen LogP contribution in [0.3, 0.4) is 0 Å². The van der Waals surface area contributed by atoms with E-state index in [9.17, 15) is 14.4 Å². The lowest BCUT2D eigenvalue weighted by Gasteiger charge is -2.57. The summed E-state index contributed by atoms with van der Waals surface area (Å²) in [6, 6.07) is 6.66. The molecule has 30 heavy (non-hydrogen) atoms. The van der Waals surface area contributed by atoms with E-state index < -0.39 is 18.0 Å². The van der Waals surface area contributed by atoms with Gasteiger partial charge in [0.25, 0.3) is 5.91 Å². The van der Waals surface area contributed by atoms with Crippen LogP contribution < -0.4 is 5.32 Å². The normalized spacial score (nSPS) is 30.1. The Morgan fingerprint density at radius 1 is 1.03 bits per heavy atom. The fourth-order valence-corrected chi connectivity index (χ4v) is 5.91. The first-order chi connectivity index (χ1) is 14.4. The summed E-state index contributed by atoms with van der Waals surface area (Å²) in [6.45, 7) is 1.62.